The molecular weight excluding hydrogens is 288 g/mol. The van der Waals surface area contributed by atoms with Gasteiger partial charge in [-0.2, -0.15) is 11.8 Å². The molecule has 2 N–H and O–H groups in total. The third-order valence-corrected chi connectivity index (χ3v) is 4.31. The summed E-state index contributed by atoms with van der Waals surface area (Å²) >= 11 is 1.83. The zero-order valence-electron chi connectivity index (χ0n) is 11.7. The van der Waals surface area contributed by atoms with Crippen molar-refractivity contribution >= 4 is 28.4 Å². The van der Waals surface area contributed by atoms with Crippen LogP contribution in [0.15, 0.2) is 24.4 Å². The second-order valence-corrected chi connectivity index (χ2v) is 5.93. The van der Waals surface area contributed by atoms with E-state index in [4.69, 9.17) is 14.6 Å². The number of rotatable bonds is 7. The molecule has 0 atom stereocenters. The van der Waals surface area contributed by atoms with Gasteiger partial charge in [0.1, 0.15) is 5.82 Å². The van der Waals surface area contributed by atoms with Crippen molar-refractivity contribution in [2.24, 2.45) is 0 Å². The lowest BCUT2D eigenvalue weighted by molar-refractivity contribution is 0.174. The van der Waals surface area contributed by atoms with Gasteiger partial charge in [-0.15, -0.1) is 0 Å². The van der Waals surface area contributed by atoms with E-state index >= 15 is 0 Å². The van der Waals surface area contributed by atoms with Gasteiger partial charge in [-0.05, 0) is 35.8 Å². The number of fused-ring (bicyclic) bond motifs is 2. The predicted molar refractivity (Wildman–Crippen MR) is 85.4 cm³/mol. The molecule has 0 amide bonds. The van der Waals surface area contributed by atoms with E-state index in [-0.39, 0.29) is 13.4 Å². The highest BCUT2D eigenvalue weighted by molar-refractivity contribution is 7.99. The first kappa shape index (κ1) is 14.3. The Balaban J connectivity index is 1.67. The van der Waals surface area contributed by atoms with Gasteiger partial charge in [-0.1, -0.05) is 0 Å². The van der Waals surface area contributed by atoms with E-state index in [1.165, 1.54) is 0 Å². The maximum Gasteiger partial charge on any atom is 0.231 e. The molecule has 0 radical (unpaired) electrons. The molecule has 5 nitrogen and oxygen atoms in total. The number of anilines is 1. The largest absolute Gasteiger partial charge is 0.454 e. The van der Waals surface area contributed by atoms with Gasteiger partial charge in [-0.3, -0.25) is 0 Å². The van der Waals surface area contributed by atoms with Crippen molar-refractivity contribution in [1.82, 2.24) is 4.98 Å². The van der Waals surface area contributed by atoms with Crippen LogP contribution in [-0.2, 0) is 0 Å². The number of pyridine rings is 1. The number of aliphatic hydroxyl groups is 1. The Morgan fingerprint density at radius 3 is 2.95 bits per heavy atom. The molecule has 0 saturated heterocycles. The van der Waals surface area contributed by atoms with Gasteiger partial charge >= 0.3 is 0 Å². The number of hydrogen-bond donors (Lipinski definition) is 2. The minimum Gasteiger partial charge on any atom is -0.454 e. The lowest BCUT2D eigenvalue weighted by Gasteiger charge is -2.09. The Hall–Kier alpha value is -1.66. The van der Waals surface area contributed by atoms with E-state index < -0.39 is 0 Å². The molecule has 3 rings (SSSR count). The normalized spacial score (nSPS) is 12.8. The molecule has 0 aliphatic carbocycles. The number of ether oxygens (including phenoxy) is 2. The summed E-state index contributed by atoms with van der Waals surface area (Å²) in [6.45, 7) is 1.39. The number of nitrogens with one attached hydrogen (secondary N) is 1. The first-order valence-electron chi connectivity index (χ1n) is 6.99. The van der Waals surface area contributed by atoms with E-state index in [0.717, 1.165) is 52.6 Å². The standard InChI is InChI=1S/C15H18N2O3S/c18-5-1-6-21-7-4-17-15-12-9-14-13(19-10-20-14)8-11(12)2-3-16-15/h2-3,8-9,18H,1,4-7,10H2,(H,16,17). The second-order valence-electron chi connectivity index (χ2n) is 4.70. The van der Waals surface area contributed by atoms with Crippen molar-refractivity contribution in [3.8, 4) is 11.5 Å². The Labute approximate surface area is 127 Å². The molecule has 0 bridgehead atoms. The maximum absolute atomic E-state index is 8.73. The minimum atomic E-state index is 0.262. The summed E-state index contributed by atoms with van der Waals surface area (Å²) in [5.41, 5.74) is 0. The van der Waals surface area contributed by atoms with Crippen molar-refractivity contribution in [2.75, 3.05) is 36.8 Å². The van der Waals surface area contributed by atoms with Crippen molar-refractivity contribution < 1.29 is 14.6 Å². The number of hydrogen-bond acceptors (Lipinski definition) is 6. The van der Waals surface area contributed by atoms with Gasteiger partial charge in [0.15, 0.2) is 11.5 Å². The van der Waals surface area contributed by atoms with Crippen LogP contribution < -0.4 is 14.8 Å². The molecule has 2 aromatic rings. The number of aliphatic hydroxyl groups excluding tert-OH is 1. The van der Waals surface area contributed by atoms with Crippen molar-refractivity contribution in [3.63, 3.8) is 0 Å². The molecule has 0 fully saturated rings. The van der Waals surface area contributed by atoms with E-state index in [2.05, 4.69) is 10.3 Å². The van der Waals surface area contributed by atoms with Gasteiger partial charge in [0.05, 0.1) is 0 Å². The minimum absolute atomic E-state index is 0.262. The highest BCUT2D eigenvalue weighted by atomic mass is 32.2. The highest BCUT2D eigenvalue weighted by Gasteiger charge is 2.15. The molecule has 21 heavy (non-hydrogen) atoms. The zero-order chi connectivity index (χ0) is 14.5. The summed E-state index contributed by atoms with van der Waals surface area (Å²) in [6.07, 6.45) is 2.65. The summed E-state index contributed by atoms with van der Waals surface area (Å²) in [5, 5.41) is 14.2. The smallest absolute Gasteiger partial charge is 0.231 e. The van der Waals surface area contributed by atoms with E-state index in [1.807, 2.05) is 30.0 Å². The number of aromatic nitrogens is 1. The van der Waals surface area contributed by atoms with Gasteiger partial charge in [-0.25, -0.2) is 4.98 Å². The van der Waals surface area contributed by atoms with E-state index in [0.29, 0.717) is 0 Å². The molecule has 0 unspecified atom stereocenters. The average Bonchev–Trinajstić information content (AvgIpc) is 2.96. The number of thioether (sulfide) groups is 1. The van der Waals surface area contributed by atoms with Gasteiger partial charge in [0, 0.05) is 30.5 Å². The fourth-order valence-corrected chi connectivity index (χ4v) is 3.00. The van der Waals surface area contributed by atoms with Crippen LogP contribution in [0.3, 0.4) is 0 Å². The Morgan fingerprint density at radius 2 is 2.10 bits per heavy atom. The molecule has 1 aromatic heterocycles. The molecule has 112 valence electrons. The Morgan fingerprint density at radius 1 is 1.24 bits per heavy atom. The van der Waals surface area contributed by atoms with Crippen molar-refractivity contribution in [3.05, 3.63) is 24.4 Å². The predicted octanol–water partition coefficient (Wildman–Crippen LogP) is 2.49. The first-order chi connectivity index (χ1) is 10.4. The van der Waals surface area contributed by atoms with Crippen LogP contribution in [-0.4, -0.2) is 41.5 Å². The molecule has 2 heterocycles. The highest BCUT2D eigenvalue weighted by Crippen LogP contribution is 2.37. The Kier molecular flexibility index (Phi) is 4.67. The molecule has 1 aromatic carbocycles. The number of nitrogens with zero attached hydrogens (tertiary/aromatic N) is 1. The van der Waals surface area contributed by atoms with Crippen LogP contribution in [0.4, 0.5) is 5.82 Å². The quantitative estimate of drug-likeness (QED) is 0.766. The topological polar surface area (TPSA) is 63.6 Å². The summed E-state index contributed by atoms with van der Waals surface area (Å²) < 4.78 is 10.8. The monoisotopic (exact) mass is 306 g/mol. The molecule has 1 aliphatic rings. The lowest BCUT2D eigenvalue weighted by atomic mass is 10.1. The van der Waals surface area contributed by atoms with Crippen LogP contribution in [0.5, 0.6) is 11.5 Å². The fraction of sp³-hybridized carbons (Fsp3) is 0.400. The molecule has 0 spiro atoms. The van der Waals surface area contributed by atoms with E-state index in [1.54, 1.807) is 6.20 Å². The molecule has 6 heteroatoms. The third kappa shape index (κ3) is 3.33. The van der Waals surface area contributed by atoms with Crippen LogP contribution in [0.2, 0.25) is 0 Å². The first-order valence-corrected chi connectivity index (χ1v) is 8.15. The summed E-state index contributed by atoms with van der Waals surface area (Å²) in [6, 6.07) is 5.94. The summed E-state index contributed by atoms with van der Waals surface area (Å²) in [7, 11) is 0. The van der Waals surface area contributed by atoms with Crippen LogP contribution >= 0.6 is 11.8 Å². The second kappa shape index (κ2) is 6.87. The third-order valence-electron chi connectivity index (χ3n) is 3.24. The summed E-state index contributed by atoms with van der Waals surface area (Å²) in [5.74, 6) is 4.41. The van der Waals surface area contributed by atoms with Crippen LogP contribution in [0.25, 0.3) is 10.8 Å². The maximum atomic E-state index is 8.73. The zero-order valence-corrected chi connectivity index (χ0v) is 12.5. The molecular formula is C15H18N2O3S. The number of benzene rings is 1. The lowest BCUT2D eigenvalue weighted by Crippen LogP contribution is -2.06. The summed E-state index contributed by atoms with van der Waals surface area (Å²) in [4.78, 5) is 4.41. The fourth-order valence-electron chi connectivity index (χ4n) is 2.21. The molecule has 1 aliphatic heterocycles. The molecule has 0 saturated carbocycles. The van der Waals surface area contributed by atoms with Crippen molar-refractivity contribution in [2.45, 2.75) is 6.42 Å². The van der Waals surface area contributed by atoms with Crippen molar-refractivity contribution in [1.29, 1.82) is 0 Å². The van der Waals surface area contributed by atoms with Gasteiger partial charge in [0.25, 0.3) is 0 Å². The van der Waals surface area contributed by atoms with Gasteiger partial charge in [0.2, 0.25) is 6.79 Å². The Bertz CT molecular complexity index is 621. The van der Waals surface area contributed by atoms with Crippen LogP contribution in [0, 0.1) is 0 Å². The van der Waals surface area contributed by atoms with Gasteiger partial charge < -0.3 is 19.9 Å². The van der Waals surface area contributed by atoms with Crippen LogP contribution in [0.1, 0.15) is 6.42 Å². The average molecular weight is 306 g/mol. The SMILES string of the molecule is OCCCSCCNc1nccc2cc3c(cc12)OCO3. The van der Waals surface area contributed by atoms with E-state index in [9.17, 15) is 0 Å².